The molecule has 0 amide bonds. The van der Waals surface area contributed by atoms with Crippen LogP contribution in [0.25, 0.3) is 0 Å². The van der Waals surface area contributed by atoms with Gasteiger partial charge in [-0.2, -0.15) is 0 Å². The van der Waals surface area contributed by atoms with Crippen LogP contribution in [-0.4, -0.2) is 24.9 Å². The molecule has 0 saturated carbocycles. The maximum atomic E-state index is 10.2. The lowest BCUT2D eigenvalue weighted by Crippen LogP contribution is -2.28. The van der Waals surface area contributed by atoms with E-state index in [2.05, 4.69) is 6.92 Å². The summed E-state index contributed by atoms with van der Waals surface area (Å²) in [5.41, 5.74) is 2.16. The minimum Gasteiger partial charge on any atom is -0.497 e. The summed E-state index contributed by atoms with van der Waals surface area (Å²) in [5.74, 6) is 0.851. The molecule has 3 heteroatoms. The van der Waals surface area contributed by atoms with E-state index >= 15 is 0 Å². The van der Waals surface area contributed by atoms with Gasteiger partial charge in [-0.3, -0.25) is 0 Å². The molecular formula is C14H20O3. The second-order valence-electron chi connectivity index (χ2n) is 4.46. The van der Waals surface area contributed by atoms with Gasteiger partial charge in [0.25, 0.3) is 0 Å². The topological polar surface area (TPSA) is 38.7 Å². The molecule has 0 spiro atoms. The number of aliphatic hydroxyl groups is 1. The van der Waals surface area contributed by atoms with Gasteiger partial charge < -0.3 is 14.6 Å². The third kappa shape index (κ3) is 2.61. The van der Waals surface area contributed by atoms with E-state index in [1.54, 1.807) is 7.11 Å². The minimum atomic E-state index is -0.504. The molecule has 1 aliphatic carbocycles. The van der Waals surface area contributed by atoms with Crippen LogP contribution in [0.4, 0.5) is 0 Å². The highest BCUT2D eigenvalue weighted by molar-refractivity contribution is 5.39. The van der Waals surface area contributed by atoms with Gasteiger partial charge >= 0.3 is 0 Å². The average Bonchev–Trinajstić information content (AvgIpc) is 2.37. The third-order valence-electron chi connectivity index (χ3n) is 3.26. The summed E-state index contributed by atoms with van der Waals surface area (Å²) in [6, 6.07) is 5.85. The molecule has 94 valence electrons. The van der Waals surface area contributed by atoms with Crippen molar-refractivity contribution < 1.29 is 14.6 Å². The van der Waals surface area contributed by atoms with Crippen molar-refractivity contribution in [3.63, 3.8) is 0 Å². The molecule has 2 unspecified atom stereocenters. The van der Waals surface area contributed by atoms with E-state index in [0.29, 0.717) is 6.61 Å². The lowest BCUT2D eigenvalue weighted by molar-refractivity contribution is -0.0480. The summed E-state index contributed by atoms with van der Waals surface area (Å²) in [6.45, 7) is 2.79. The van der Waals surface area contributed by atoms with E-state index in [-0.39, 0.29) is 6.10 Å². The molecule has 1 N–H and O–H groups in total. The summed E-state index contributed by atoms with van der Waals surface area (Å²) in [6.07, 6.45) is 2.24. The van der Waals surface area contributed by atoms with Crippen molar-refractivity contribution in [3.8, 4) is 5.75 Å². The molecule has 1 aromatic carbocycles. The van der Waals surface area contributed by atoms with Crippen LogP contribution in [0.15, 0.2) is 18.2 Å². The number of benzene rings is 1. The van der Waals surface area contributed by atoms with Gasteiger partial charge in [0.2, 0.25) is 0 Å². The fourth-order valence-electron chi connectivity index (χ4n) is 2.31. The number of aryl methyl sites for hydroxylation is 1. The van der Waals surface area contributed by atoms with E-state index < -0.39 is 6.10 Å². The summed E-state index contributed by atoms with van der Waals surface area (Å²) < 4.78 is 10.9. The number of hydrogen-bond donors (Lipinski definition) is 1. The van der Waals surface area contributed by atoms with Gasteiger partial charge in [-0.05, 0) is 42.5 Å². The number of fused-ring (bicyclic) bond motifs is 1. The molecule has 0 heterocycles. The van der Waals surface area contributed by atoms with Crippen molar-refractivity contribution in [3.05, 3.63) is 29.3 Å². The first-order valence-electron chi connectivity index (χ1n) is 6.22. The second kappa shape index (κ2) is 5.52. The van der Waals surface area contributed by atoms with Crippen LogP contribution in [0.5, 0.6) is 5.75 Å². The molecule has 2 atom stereocenters. The molecule has 0 aromatic heterocycles. The monoisotopic (exact) mass is 236 g/mol. The van der Waals surface area contributed by atoms with Gasteiger partial charge in [-0.15, -0.1) is 0 Å². The Bertz CT molecular complexity index is 376. The standard InChI is InChI=1S/C14H20O3/c1-3-8-17-13-7-4-10-9-11(16-2)5-6-12(10)14(13)15/h5-6,9,13-15H,3-4,7-8H2,1-2H3. The number of methoxy groups -OCH3 is 1. The molecule has 2 rings (SSSR count). The zero-order valence-electron chi connectivity index (χ0n) is 10.5. The molecule has 1 aliphatic rings. The van der Waals surface area contributed by atoms with Crippen molar-refractivity contribution in [2.24, 2.45) is 0 Å². The van der Waals surface area contributed by atoms with Gasteiger partial charge in [-0.1, -0.05) is 13.0 Å². The fraction of sp³-hybridized carbons (Fsp3) is 0.571. The maximum Gasteiger partial charge on any atom is 0.119 e. The Labute approximate surface area is 102 Å². The van der Waals surface area contributed by atoms with Crippen LogP contribution in [0.3, 0.4) is 0 Å². The highest BCUT2D eigenvalue weighted by atomic mass is 16.5. The predicted molar refractivity (Wildman–Crippen MR) is 66.3 cm³/mol. The Morgan fingerprint density at radius 3 is 2.94 bits per heavy atom. The lowest BCUT2D eigenvalue weighted by atomic mass is 9.87. The van der Waals surface area contributed by atoms with Gasteiger partial charge in [0.15, 0.2) is 0 Å². The van der Waals surface area contributed by atoms with Crippen molar-refractivity contribution in [2.45, 2.75) is 38.4 Å². The number of rotatable bonds is 4. The third-order valence-corrected chi connectivity index (χ3v) is 3.26. The first-order chi connectivity index (χ1) is 8.26. The summed E-state index contributed by atoms with van der Waals surface area (Å²) in [7, 11) is 1.66. The first kappa shape index (κ1) is 12.4. The summed E-state index contributed by atoms with van der Waals surface area (Å²) >= 11 is 0. The molecule has 1 aromatic rings. The molecule has 3 nitrogen and oxygen atoms in total. The smallest absolute Gasteiger partial charge is 0.119 e. The van der Waals surface area contributed by atoms with Crippen LogP contribution in [0.2, 0.25) is 0 Å². The molecule has 0 saturated heterocycles. The first-order valence-corrected chi connectivity index (χ1v) is 6.22. The van der Waals surface area contributed by atoms with E-state index in [1.807, 2.05) is 18.2 Å². The predicted octanol–water partition coefficient (Wildman–Crippen LogP) is 2.47. The largest absolute Gasteiger partial charge is 0.497 e. The van der Waals surface area contributed by atoms with E-state index in [4.69, 9.17) is 9.47 Å². The van der Waals surface area contributed by atoms with Crippen molar-refractivity contribution in [1.29, 1.82) is 0 Å². The van der Waals surface area contributed by atoms with Crippen molar-refractivity contribution >= 4 is 0 Å². The van der Waals surface area contributed by atoms with Crippen molar-refractivity contribution in [2.75, 3.05) is 13.7 Å². The zero-order valence-corrected chi connectivity index (χ0v) is 10.5. The highest BCUT2D eigenvalue weighted by Gasteiger charge is 2.28. The Hall–Kier alpha value is -1.06. The van der Waals surface area contributed by atoms with Crippen LogP contribution in [0.1, 0.15) is 37.0 Å². The maximum absolute atomic E-state index is 10.2. The fourth-order valence-corrected chi connectivity index (χ4v) is 2.31. The van der Waals surface area contributed by atoms with Crippen LogP contribution >= 0.6 is 0 Å². The van der Waals surface area contributed by atoms with Crippen LogP contribution in [-0.2, 0) is 11.2 Å². The number of ether oxygens (including phenoxy) is 2. The molecule has 0 bridgehead atoms. The van der Waals surface area contributed by atoms with Gasteiger partial charge in [0.05, 0.1) is 13.2 Å². The molecule has 0 fully saturated rings. The SMILES string of the molecule is CCCOC1CCc2cc(OC)ccc2C1O. The molecule has 17 heavy (non-hydrogen) atoms. The molecule has 0 radical (unpaired) electrons. The summed E-state index contributed by atoms with van der Waals surface area (Å²) in [4.78, 5) is 0. The number of aliphatic hydroxyl groups excluding tert-OH is 1. The minimum absolute atomic E-state index is 0.0594. The van der Waals surface area contributed by atoms with E-state index in [9.17, 15) is 5.11 Å². The Balaban J connectivity index is 2.15. The van der Waals surface area contributed by atoms with Gasteiger partial charge in [0.1, 0.15) is 11.9 Å². The Kier molecular flexibility index (Phi) is 4.02. The van der Waals surface area contributed by atoms with Gasteiger partial charge in [0, 0.05) is 6.61 Å². The van der Waals surface area contributed by atoms with Crippen LogP contribution < -0.4 is 4.74 Å². The number of hydrogen-bond acceptors (Lipinski definition) is 3. The van der Waals surface area contributed by atoms with Crippen LogP contribution in [0, 0.1) is 0 Å². The van der Waals surface area contributed by atoms with E-state index in [0.717, 1.165) is 30.6 Å². The van der Waals surface area contributed by atoms with Gasteiger partial charge in [-0.25, -0.2) is 0 Å². The molecule has 0 aliphatic heterocycles. The average molecular weight is 236 g/mol. The van der Waals surface area contributed by atoms with Crippen molar-refractivity contribution in [1.82, 2.24) is 0 Å². The Morgan fingerprint density at radius 2 is 2.24 bits per heavy atom. The highest BCUT2D eigenvalue weighted by Crippen LogP contribution is 2.33. The zero-order chi connectivity index (χ0) is 12.3. The lowest BCUT2D eigenvalue weighted by Gasteiger charge is -2.30. The second-order valence-corrected chi connectivity index (χ2v) is 4.46. The quantitative estimate of drug-likeness (QED) is 0.872. The summed E-state index contributed by atoms with van der Waals surface area (Å²) in [5, 5.41) is 10.2. The Morgan fingerprint density at radius 1 is 1.41 bits per heavy atom. The normalized spacial score (nSPS) is 23.2. The van der Waals surface area contributed by atoms with E-state index in [1.165, 1.54) is 5.56 Å². The molecular weight excluding hydrogens is 216 g/mol.